The number of methoxy groups -OCH3 is 1. The summed E-state index contributed by atoms with van der Waals surface area (Å²) in [6.45, 7) is -0.262. The molecule has 0 spiro atoms. The quantitative estimate of drug-likeness (QED) is 0.741. The van der Waals surface area contributed by atoms with Gasteiger partial charge in [0.05, 0.1) is 13.2 Å². The summed E-state index contributed by atoms with van der Waals surface area (Å²) in [5.74, 6) is 0. The molecule has 1 N–H and O–H groups in total. The van der Waals surface area contributed by atoms with Gasteiger partial charge in [-0.3, -0.25) is 0 Å². The molecule has 0 fully saturated rings. The number of alkyl halides is 3. The van der Waals surface area contributed by atoms with Crippen LogP contribution in [0, 0.1) is 0 Å². The zero-order chi connectivity index (χ0) is 14.1. The predicted molar refractivity (Wildman–Crippen MR) is 67.4 cm³/mol. The molecule has 0 bridgehead atoms. The van der Waals surface area contributed by atoms with Crippen LogP contribution in [0.25, 0.3) is 0 Å². The number of nitrogens with one attached hydrogen (secondary N) is 1. The van der Waals surface area contributed by atoms with Gasteiger partial charge in [0.25, 0.3) is 0 Å². The van der Waals surface area contributed by atoms with Crippen molar-refractivity contribution in [3.05, 3.63) is 29.8 Å². The number of hydrogen-bond donors (Lipinski definition) is 1. The third kappa shape index (κ3) is 7.03. The van der Waals surface area contributed by atoms with E-state index in [1.165, 1.54) is 0 Å². The van der Waals surface area contributed by atoms with E-state index >= 15 is 0 Å². The van der Waals surface area contributed by atoms with Crippen molar-refractivity contribution in [1.29, 1.82) is 0 Å². The molecule has 0 radical (unpaired) electrons. The average Bonchev–Trinajstić information content (AvgIpc) is 2.36. The topological polar surface area (TPSA) is 30.5 Å². The number of benzene rings is 1. The van der Waals surface area contributed by atoms with Crippen LogP contribution in [-0.2, 0) is 15.9 Å². The first-order valence-electron chi connectivity index (χ1n) is 5.98. The molecular formula is C13H18F3NO2. The van der Waals surface area contributed by atoms with E-state index in [1.807, 2.05) is 24.3 Å². The molecule has 1 rings (SSSR count). The van der Waals surface area contributed by atoms with Gasteiger partial charge < -0.3 is 14.8 Å². The molecule has 0 aliphatic rings. The highest BCUT2D eigenvalue weighted by Crippen LogP contribution is 2.16. The summed E-state index contributed by atoms with van der Waals surface area (Å²) in [6, 6.07) is 7.62. The Balaban J connectivity index is 2.32. The summed E-state index contributed by atoms with van der Waals surface area (Å²) in [5.41, 5.74) is 1.97. The monoisotopic (exact) mass is 277 g/mol. The molecule has 108 valence electrons. The number of rotatable bonds is 8. The average molecular weight is 277 g/mol. The summed E-state index contributed by atoms with van der Waals surface area (Å²) in [4.78, 5) is 0. The van der Waals surface area contributed by atoms with Gasteiger partial charge in [-0.2, -0.15) is 13.2 Å². The van der Waals surface area contributed by atoms with Crippen LogP contribution in [0.1, 0.15) is 5.56 Å². The molecule has 0 saturated carbocycles. The molecule has 0 unspecified atom stereocenters. The third-order valence-electron chi connectivity index (χ3n) is 2.42. The first-order valence-corrected chi connectivity index (χ1v) is 5.98. The lowest BCUT2D eigenvalue weighted by Crippen LogP contribution is -2.20. The van der Waals surface area contributed by atoms with E-state index in [9.17, 15) is 13.2 Å². The Kier molecular flexibility index (Phi) is 6.66. The molecule has 0 aliphatic heterocycles. The largest absolute Gasteiger partial charge is 0.411 e. The first kappa shape index (κ1) is 15.8. The minimum absolute atomic E-state index is 0.0120. The van der Waals surface area contributed by atoms with E-state index in [4.69, 9.17) is 4.74 Å². The van der Waals surface area contributed by atoms with Gasteiger partial charge in [-0.15, -0.1) is 0 Å². The number of anilines is 1. The lowest BCUT2D eigenvalue weighted by Gasteiger charge is -2.12. The van der Waals surface area contributed by atoms with Gasteiger partial charge in [0, 0.05) is 19.3 Å². The molecular weight excluding hydrogens is 259 g/mol. The van der Waals surface area contributed by atoms with Crippen molar-refractivity contribution in [2.45, 2.75) is 12.6 Å². The molecule has 0 heterocycles. The van der Waals surface area contributed by atoms with Crippen molar-refractivity contribution in [3.8, 4) is 0 Å². The van der Waals surface area contributed by atoms with Gasteiger partial charge in [-0.05, 0) is 18.1 Å². The second kappa shape index (κ2) is 8.01. The Labute approximate surface area is 110 Å². The van der Waals surface area contributed by atoms with Crippen LogP contribution < -0.4 is 5.32 Å². The third-order valence-corrected chi connectivity index (χ3v) is 2.42. The molecule has 0 amide bonds. The van der Waals surface area contributed by atoms with Crippen molar-refractivity contribution < 1.29 is 22.6 Å². The second-order valence-corrected chi connectivity index (χ2v) is 3.99. The van der Waals surface area contributed by atoms with Gasteiger partial charge in [0.1, 0.15) is 6.61 Å². The summed E-state index contributed by atoms with van der Waals surface area (Å²) in [5, 5.41) is 3.06. The van der Waals surface area contributed by atoms with Crippen LogP contribution in [0.15, 0.2) is 24.3 Å². The fourth-order valence-electron chi connectivity index (χ4n) is 1.57. The molecule has 0 atom stereocenters. The molecule has 0 aliphatic carbocycles. The maximum atomic E-state index is 11.9. The fraction of sp³-hybridized carbons (Fsp3) is 0.538. The highest BCUT2D eigenvalue weighted by Gasteiger charge is 2.27. The van der Waals surface area contributed by atoms with E-state index in [0.29, 0.717) is 13.2 Å². The lowest BCUT2D eigenvalue weighted by molar-refractivity contribution is -0.172. The van der Waals surface area contributed by atoms with Crippen LogP contribution in [0.5, 0.6) is 0 Å². The maximum Gasteiger partial charge on any atom is 0.411 e. The lowest BCUT2D eigenvalue weighted by atomic mass is 10.1. The number of hydrogen-bond acceptors (Lipinski definition) is 3. The van der Waals surface area contributed by atoms with E-state index < -0.39 is 12.8 Å². The minimum Gasteiger partial charge on any atom is -0.384 e. The summed E-state index contributed by atoms with van der Waals surface area (Å²) in [6.07, 6.45) is -3.51. The summed E-state index contributed by atoms with van der Waals surface area (Å²) >= 11 is 0. The zero-order valence-corrected chi connectivity index (χ0v) is 10.8. The maximum absolute atomic E-state index is 11.9. The highest BCUT2D eigenvalue weighted by molar-refractivity contribution is 5.51. The fourth-order valence-corrected chi connectivity index (χ4v) is 1.57. The SMILES string of the molecule is COCCc1ccccc1NCCOCC(F)(F)F. The Morgan fingerprint density at radius 1 is 1.16 bits per heavy atom. The molecule has 1 aromatic carbocycles. The molecule has 6 heteroatoms. The van der Waals surface area contributed by atoms with Crippen LogP contribution in [0.4, 0.5) is 18.9 Å². The standard InChI is InChI=1S/C13H18F3NO2/c1-18-8-6-11-4-2-3-5-12(11)17-7-9-19-10-13(14,15)16/h2-5,17H,6-10H2,1H3. The van der Waals surface area contributed by atoms with Gasteiger partial charge in [-0.25, -0.2) is 0 Å². The van der Waals surface area contributed by atoms with Crippen molar-refractivity contribution in [3.63, 3.8) is 0 Å². The van der Waals surface area contributed by atoms with E-state index in [-0.39, 0.29) is 6.61 Å². The Hall–Kier alpha value is -1.27. The van der Waals surface area contributed by atoms with Crippen LogP contribution in [-0.4, -0.2) is 39.7 Å². The first-order chi connectivity index (χ1) is 9.03. The van der Waals surface area contributed by atoms with Gasteiger partial charge in [0.2, 0.25) is 0 Å². The Morgan fingerprint density at radius 3 is 2.58 bits per heavy atom. The second-order valence-electron chi connectivity index (χ2n) is 3.99. The molecule has 0 saturated heterocycles. The predicted octanol–water partition coefficient (Wildman–Crippen LogP) is 2.87. The van der Waals surface area contributed by atoms with Gasteiger partial charge in [-0.1, -0.05) is 18.2 Å². The summed E-state index contributed by atoms with van der Waals surface area (Å²) < 4.78 is 45.1. The van der Waals surface area contributed by atoms with Crippen LogP contribution in [0.2, 0.25) is 0 Å². The van der Waals surface area contributed by atoms with Crippen molar-refractivity contribution in [1.82, 2.24) is 0 Å². The van der Waals surface area contributed by atoms with E-state index in [2.05, 4.69) is 10.1 Å². The van der Waals surface area contributed by atoms with Crippen molar-refractivity contribution >= 4 is 5.69 Å². The molecule has 19 heavy (non-hydrogen) atoms. The number of ether oxygens (including phenoxy) is 2. The zero-order valence-electron chi connectivity index (χ0n) is 10.8. The van der Waals surface area contributed by atoms with Gasteiger partial charge >= 0.3 is 6.18 Å². The van der Waals surface area contributed by atoms with E-state index in [0.717, 1.165) is 17.7 Å². The number of halogens is 3. The summed E-state index contributed by atoms with van der Waals surface area (Å²) in [7, 11) is 1.63. The van der Waals surface area contributed by atoms with Crippen LogP contribution >= 0.6 is 0 Å². The van der Waals surface area contributed by atoms with Crippen LogP contribution in [0.3, 0.4) is 0 Å². The molecule has 0 aromatic heterocycles. The smallest absolute Gasteiger partial charge is 0.384 e. The number of para-hydroxylation sites is 1. The molecule has 3 nitrogen and oxygen atoms in total. The van der Waals surface area contributed by atoms with Crippen molar-refractivity contribution in [2.24, 2.45) is 0 Å². The molecule has 1 aromatic rings. The Morgan fingerprint density at radius 2 is 1.89 bits per heavy atom. The van der Waals surface area contributed by atoms with E-state index in [1.54, 1.807) is 7.11 Å². The Bertz CT molecular complexity index is 369. The van der Waals surface area contributed by atoms with Crippen molar-refractivity contribution in [2.75, 3.05) is 38.8 Å². The highest BCUT2D eigenvalue weighted by atomic mass is 19.4. The van der Waals surface area contributed by atoms with Gasteiger partial charge in [0.15, 0.2) is 0 Å². The minimum atomic E-state index is -4.27. The normalized spacial score (nSPS) is 11.6.